The van der Waals surface area contributed by atoms with Gasteiger partial charge in [-0.3, -0.25) is 0 Å². The summed E-state index contributed by atoms with van der Waals surface area (Å²) in [5.74, 6) is 1.15. The van der Waals surface area contributed by atoms with Gasteiger partial charge in [0.1, 0.15) is 4.90 Å². The first kappa shape index (κ1) is 12.6. The number of amidine groups is 1. The van der Waals surface area contributed by atoms with Crippen molar-refractivity contribution in [3.63, 3.8) is 0 Å². The van der Waals surface area contributed by atoms with Gasteiger partial charge in [-0.2, -0.15) is 8.42 Å². The molecule has 1 aromatic rings. The van der Waals surface area contributed by atoms with E-state index in [-0.39, 0.29) is 0 Å². The Balaban J connectivity index is 1.91. The maximum absolute atomic E-state index is 12.0. The van der Waals surface area contributed by atoms with Crippen LogP contribution in [0.4, 0.5) is 0 Å². The fourth-order valence-corrected chi connectivity index (χ4v) is 4.04. The summed E-state index contributed by atoms with van der Waals surface area (Å²) in [5, 5.41) is 0. The maximum atomic E-state index is 12.0. The van der Waals surface area contributed by atoms with Gasteiger partial charge in [0.2, 0.25) is 0 Å². The highest BCUT2D eigenvalue weighted by molar-refractivity contribution is 7.90. The molecule has 1 fully saturated rings. The van der Waals surface area contributed by atoms with E-state index < -0.39 is 10.0 Å². The minimum atomic E-state index is -3.50. The van der Waals surface area contributed by atoms with Crippen LogP contribution in [0.2, 0.25) is 0 Å². The second-order valence-corrected chi connectivity index (χ2v) is 6.64. The van der Waals surface area contributed by atoms with Crippen molar-refractivity contribution in [2.75, 3.05) is 19.6 Å². The summed E-state index contributed by atoms with van der Waals surface area (Å²) in [4.78, 5) is 2.40. The van der Waals surface area contributed by atoms with Crippen molar-refractivity contribution >= 4 is 15.9 Å². The Morgan fingerprint density at radius 2 is 2.16 bits per heavy atom. The van der Waals surface area contributed by atoms with Crippen molar-refractivity contribution in [2.24, 2.45) is 16.0 Å². The monoisotopic (exact) mass is 279 g/mol. The predicted molar refractivity (Wildman–Crippen MR) is 73.5 cm³/mol. The summed E-state index contributed by atoms with van der Waals surface area (Å²) >= 11 is 0. The Hall–Kier alpha value is -1.40. The lowest BCUT2D eigenvalue weighted by Gasteiger charge is -2.18. The van der Waals surface area contributed by atoms with Crippen LogP contribution in [0.5, 0.6) is 0 Å². The second kappa shape index (κ2) is 4.61. The van der Waals surface area contributed by atoms with E-state index in [1.165, 1.54) is 0 Å². The molecule has 3 rings (SSSR count). The van der Waals surface area contributed by atoms with Crippen LogP contribution in [0, 0.1) is 5.92 Å². The molecule has 1 aromatic carbocycles. The molecule has 1 atom stereocenters. The summed E-state index contributed by atoms with van der Waals surface area (Å²) in [6, 6.07) is 7.03. The molecule has 6 heteroatoms. The number of rotatable bonds is 2. The Labute approximate surface area is 113 Å². The van der Waals surface area contributed by atoms with Crippen LogP contribution in [0.15, 0.2) is 33.6 Å². The van der Waals surface area contributed by atoms with Crippen molar-refractivity contribution in [3.8, 4) is 0 Å². The van der Waals surface area contributed by atoms with E-state index in [0.29, 0.717) is 23.2 Å². The topological polar surface area (TPSA) is 75.8 Å². The van der Waals surface area contributed by atoms with Gasteiger partial charge in [0.15, 0.2) is 5.84 Å². The maximum Gasteiger partial charge on any atom is 0.285 e. The molecule has 0 aromatic heterocycles. The Bertz CT molecular complexity index is 625. The first-order valence-corrected chi connectivity index (χ1v) is 7.95. The fraction of sp³-hybridized carbons (Fsp3) is 0.462. The van der Waals surface area contributed by atoms with Crippen LogP contribution in [0.25, 0.3) is 0 Å². The zero-order chi connectivity index (χ0) is 13.5. The smallest absolute Gasteiger partial charge is 0.285 e. The summed E-state index contributed by atoms with van der Waals surface area (Å²) in [5.41, 5.74) is 6.31. The van der Waals surface area contributed by atoms with Crippen LogP contribution in [0.3, 0.4) is 0 Å². The number of hydrogen-bond donors (Lipinski definition) is 1. The van der Waals surface area contributed by atoms with Gasteiger partial charge in [0, 0.05) is 18.7 Å². The van der Waals surface area contributed by atoms with Crippen molar-refractivity contribution in [3.05, 3.63) is 29.8 Å². The molecule has 2 aliphatic rings. The third-order valence-electron chi connectivity index (χ3n) is 3.77. The van der Waals surface area contributed by atoms with Crippen LogP contribution < -0.4 is 5.73 Å². The summed E-state index contributed by atoms with van der Waals surface area (Å²) in [6.45, 7) is 2.38. The number of nitrogens with two attached hydrogens (primary N) is 1. The third-order valence-corrected chi connectivity index (χ3v) is 5.10. The summed E-state index contributed by atoms with van der Waals surface area (Å²) < 4.78 is 27.9. The van der Waals surface area contributed by atoms with E-state index in [4.69, 9.17) is 5.73 Å². The molecule has 2 N–H and O–H groups in total. The van der Waals surface area contributed by atoms with Gasteiger partial charge >= 0.3 is 0 Å². The first-order chi connectivity index (χ1) is 9.12. The number of likely N-dealkylation sites (tertiary alicyclic amines) is 1. The van der Waals surface area contributed by atoms with Gasteiger partial charge < -0.3 is 10.6 Å². The fourth-order valence-electron chi connectivity index (χ4n) is 2.81. The molecule has 19 heavy (non-hydrogen) atoms. The molecule has 1 unspecified atom stereocenters. The van der Waals surface area contributed by atoms with Crippen molar-refractivity contribution < 1.29 is 8.42 Å². The number of nitrogens with zero attached hydrogens (tertiary/aromatic N) is 2. The molecule has 1 saturated heterocycles. The Kier molecular flexibility index (Phi) is 3.06. The molecule has 2 aliphatic heterocycles. The van der Waals surface area contributed by atoms with E-state index in [1.54, 1.807) is 12.1 Å². The molecule has 0 aliphatic carbocycles. The number of hydrogen-bond acceptors (Lipinski definition) is 4. The lowest BCUT2D eigenvalue weighted by molar-refractivity contribution is 0.466. The second-order valence-electron chi connectivity index (χ2n) is 5.06. The van der Waals surface area contributed by atoms with Gasteiger partial charge in [0.25, 0.3) is 10.0 Å². The van der Waals surface area contributed by atoms with Crippen LogP contribution in [0.1, 0.15) is 18.4 Å². The first-order valence-electron chi connectivity index (χ1n) is 6.51. The molecule has 0 saturated carbocycles. The highest BCUT2D eigenvalue weighted by Crippen LogP contribution is 2.30. The zero-order valence-corrected chi connectivity index (χ0v) is 11.4. The van der Waals surface area contributed by atoms with Crippen LogP contribution in [-0.2, 0) is 10.0 Å². The summed E-state index contributed by atoms with van der Waals surface area (Å²) in [7, 11) is -3.50. The zero-order valence-electron chi connectivity index (χ0n) is 10.6. The SMILES string of the molecule is NCCC1CCN(C2=NS(=O)(=O)c3ccccc32)C1. The van der Waals surface area contributed by atoms with E-state index in [0.717, 1.165) is 31.5 Å². The normalized spacial score (nSPS) is 24.4. The molecular formula is C13H17N3O2S. The Morgan fingerprint density at radius 1 is 1.37 bits per heavy atom. The van der Waals surface area contributed by atoms with Gasteiger partial charge in [-0.15, -0.1) is 4.40 Å². The number of benzene rings is 1. The van der Waals surface area contributed by atoms with Gasteiger partial charge in [-0.05, 0) is 37.4 Å². The average Bonchev–Trinajstić information content (AvgIpc) is 2.94. The Morgan fingerprint density at radius 3 is 2.95 bits per heavy atom. The quantitative estimate of drug-likeness (QED) is 0.869. The largest absolute Gasteiger partial charge is 0.355 e. The minimum Gasteiger partial charge on any atom is -0.355 e. The van der Waals surface area contributed by atoms with E-state index >= 15 is 0 Å². The van der Waals surface area contributed by atoms with Crippen molar-refractivity contribution in [2.45, 2.75) is 17.7 Å². The van der Waals surface area contributed by atoms with E-state index in [1.807, 2.05) is 12.1 Å². The number of sulfonamides is 1. The molecule has 0 spiro atoms. The minimum absolute atomic E-state index is 0.326. The van der Waals surface area contributed by atoms with E-state index in [2.05, 4.69) is 9.30 Å². The highest BCUT2D eigenvalue weighted by atomic mass is 32.2. The van der Waals surface area contributed by atoms with E-state index in [9.17, 15) is 8.42 Å². The molecule has 0 radical (unpaired) electrons. The van der Waals surface area contributed by atoms with Crippen molar-refractivity contribution in [1.29, 1.82) is 0 Å². The van der Waals surface area contributed by atoms with Crippen LogP contribution >= 0.6 is 0 Å². The third kappa shape index (κ3) is 2.15. The molecule has 0 amide bonds. The van der Waals surface area contributed by atoms with Crippen LogP contribution in [-0.4, -0.2) is 38.8 Å². The molecule has 0 bridgehead atoms. The van der Waals surface area contributed by atoms with Gasteiger partial charge in [0.05, 0.1) is 0 Å². The average molecular weight is 279 g/mol. The number of fused-ring (bicyclic) bond motifs is 1. The lowest BCUT2D eigenvalue weighted by Crippen LogP contribution is -2.28. The van der Waals surface area contributed by atoms with Gasteiger partial charge in [-0.1, -0.05) is 12.1 Å². The molecule has 5 nitrogen and oxygen atoms in total. The molecule has 2 heterocycles. The summed E-state index contributed by atoms with van der Waals surface area (Å²) in [6.07, 6.45) is 2.04. The van der Waals surface area contributed by atoms with Crippen molar-refractivity contribution in [1.82, 2.24) is 4.90 Å². The van der Waals surface area contributed by atoms with Gasteiger partial charge in [-0.25, -0.2) is 0 Å². The molecule has 102 valence electrons. The molecular weight excluding hydrogens is 262 g/mol. The standard InChI is InChI=1S/C13H17N3O2S/c14-7-5-10-6-8-16(9-10)13-11-3-1-2-4-12(11)19(17,18)15-13/h1-4,10H,5-9,14H2. The predicted octanol–water partition coefficient (Wildman–Crippen LogP) is 0.806. The lowest BCUT2D eigenvalue weighted by atomic mass is 10.1. The highest BCUT2D eigenvalue weighted by Gasteiger charge is 2.34.